The van der Waals surface area contributed by atoms with Crippen LogP contribution in [0.15, 0.2) is 5.38 Å². The van der Waals surface area contributed by atoms with Crippen LogP contribution < -0.4 is 5.32 Å². The molecule has 1 aromatic rings. The van der Waals surface area contributed by atoms with Crippen molar-refractivity contribution in [2.45, 2.75) is 44.6 Å². The number of hydrogen-bond donors (Lipinski definition) is 1. The molecule has 1 N–H and O–H groups in total. The fourth-order valence-corrected chi connectivity index (χ4v) is 3.21. The fraction of sp³-hybridized carbons (Fsp3) is 0.769. The molecule has 1 aliphatic carbocycles. The van der Waals surface area contributed by atoms with Gasteiger partial charge in [0.1, 0.15) is 5.01 Å². The summed E-state index contributed by atoms with van der Waals surface area (Å²) >= 11 is 1.79. The largest absolute Gasteiger partial charge is 0.383 e. The summed E-state index contributed by atoms with van der Waals surface area (Å²) in [6.45, 7) is 2.54. The summed E-state index contributed by atoms with van der Waals surface area (Å²) in [6.07, 6.45) is 6.83. The molecular weight excluding hydrogens is 232 g/mol. The van der Waals surface area contributed by atoms with Crippen LogP contribution in [-0.2, 0) is 11.3 Å². The molecule has 0 aromatic carbocycles. The summed E-state index contributed by atoms with van der Waals surface area (Å²) in [5.74, 6) is 0.729. The third-order valence-electron chi connectivity index (χ3n) is 3.35. The molecule has 2 rings (SSSR count). The van der Waals surface area contributed by atoms with Crippen molar-refractivity contribution in [3.63, 3.8) is 0 Å². The lowest BCUT2D eigenvalue weighted by Gasteiger charge is -2.19. The van der Waals surface area contributed by atoms with Gasteiger partial charge >= 0.3 is 0 Å². The number of nitrogens with one attached hydrogen (secondary N) is 1. The van der Waals surface area contributed by atoms with E-state index >= 15 is 0 Å². The summed E-state index contributed by atoms with van der Waals surface area (Å²) in [5, 5.41) is 6.80. The van der Waals surface area contributed by atoms with Crippen molar-refractivity contribution in [1.29, 1.82) is 0 Å². The average molecular weight is 254 g/mol. The van der Waals surface area contributed by atoms with Crippen molar-refractivity contribution in [1.82, 2.24) is 10.3 Å². The summed E-state index contributed by atoms with van der Waals surface area (Å²) in [6, 6.07) is 0. The first-order chi connectivity index (χ1) is 8.40. The fourth-order valence-electron chi connectivity index (χ4n) is 2.36. The molecule has 0 amide bonds. The lowest BCUT2D eigenvalue weighted by Crippen LogP contribution is -2.18. The van der Waals surface area contributed by atoms with Crippen LogP contribution in [0.4, 0.5) is 0 Å². The average Bonchev–Trinajstić information content (AvgIpc) is 2.85. The van der Waals surface area contributed by atoms with Crippen LogP contribution in [-0.4, -0.2) is 25.2 Å². The summed E-state index contributed by atoms with van der Waals surface area (Å²) in [4.78, 5) is 4.75. The molecule has 96 valence electrons. The van der Waals surface area contributed by atoms with Crippen LogP contribution in [0.5, 0.6) is 0 Å². The molecule has 0 aliphatic heterocycles. The first-order valence-electron chi connectivity index (χ1n) is 6.54. The van der Waals surface area contributed by atoms with Gasteiger partial charge in [0.15, 0.2) is 0 Å². The van der Waals surface area contributed by atoms with Gasteiger partial charge in [-0.25, -0.2) is 4.98 Å². The Morgan fingerprint density at radius 2 is 2.24 bits per heavy atom. The van der Waals surface area contributed by atoms with Crippen LogP contribution in [0.2, 0.25) is 0 Å². The van der Waals surface area contributed by atoms with Crippen molar-refractivity contribution in [2.75, 3.05) is 20.3 Å². The van der Waals surface area contributed by atoms with Gasteiger partial charge in [0, 0.05) is 31.5 Å². The van der Waals surface area contributed by atoms with E-state index in [1.54, 1.807) is 18.4 Å². The smallest absolute Gasteiger partial charge is 0.107 e. The van der Waals surface area contributed by atoms with Crippen LogP contribution in [0.3, 0.4) is 0 Å². The van der Waals surface area contributed by atoms with E-state index in [2.05, 4.69) is 10.7 Å². The van der Waals surface area contributed by atoms with Gasteiger partial charge < -0.3 is 10.1 Å². The van der Waals surface area contributed by atoms with Gasteiger partial charge in [0.2, 0.25) is 0 Å². The Bertz CT molecular complexity index is 321. The number of rotatable bonds is 6. The van der Waals surface area contributed by atoms with Crippen LogP contribution in [0.25, 0.3) is 0 Å². The summed E-state index contributed by atoms with van der Waals surface area (Å²) < 4.78 is 5.00. The van der Waals surface area contributed by atoms with E-state index in [-0.39, 0.29) is 0 Å². The molecule has 0 spiro atoms. The Hall–Kier alpha value is -0.450. The predicted molar refractivity (Wildman–Crippen MR) is 71.5 cm³/mol. The van der Waals surface area contributed by atoms with Crippen LogP contribution in [0, 0.1) is 0 Å². The zero-order valence-electron chi connectivity index (χ0n) is 10.6. The minimum atomic E-state index is 0.729. The second-order valence-electron chi connectivity index (χ2n) is 4.67. The number of methoxy groups -OCH3 is 1. The van der Waals surface area contributed by atoms with Crippen molar-refractivity contribution in [2.24, 2.45) is 0 Å². The van der Waals surface area contributed by atoms with Gasteiger partial charge in [-0.3, -0.25) is 0 Å². The number of aromatic nitrogens is 1. The van der Waals surface area contributed by atoms with E-state index in [4.69, 9.17) is 9.72 Å². The molecule has 1 aliphatic rings. The van der Waals surface area contributed by atoms with Gasteiger partial charge in [-0.1, -0.05) is 19.3 Å². The molecule has 3 nitrogen and oxygen atoms in total. The second kappa shape index (κ2) is 7.09. The number of ether oxygens (including phenoxy) is 1. The molecule has 1 saturated carbocycles. The maximum absolute atomic E-state index is 5.00. The Morgan fingerprint density at radius 3 is 3.00 bits per heavy atom. The van der Waals surface area contributed by atoms with E-state index in [1.165, 1.54) is 42.8 Å². The van der Waals surface area contributed by atoms with Gasteiger partial charge in [0.25, 0.3) is 0 Å². The normalized spacial score (nSPS) is 17.5. The molecule has 0 atom stereocenters. The minimum Gasteiger partial charge on any atom is -0.383 e. The number of nitrogens with zero attached hydrogens (tertiary/aromatic N) is 1. The molecule has 1 fully saturated rings. The number of hydrogen-bond acceptors (Lipinski definition) is 4. The molecule has 4 heteroatoms. The third-order valence-corrected chi connectivity index (χ3v) is 4.22. The molecule has 17 heavy (non-hydrogen) atoms. The predicted octanol–water partition coefficient (Wildman–Crippen LogP) is 2.93. The van der Waals surface area contributed by atoms with E-state index in [9.17, 15) is 0 Å². The molecular formula is C13H22N2OS. The summed E-state index contributed by atoms with van der Waals surface area (Å²) in [5.41, 5.74) is 1.33. The maximum atomic E-state index is 5.00. The Morgan fingerprint density at radius 1 is 1.41 bits per heavy atom. The molecule has 1 aromatic heterocycles. The monoisotopic (exact) mass is 254 g/mol. The van der Waals surface area contributed by atoms with Gasteiger partial charge in [-0.05, 0) is 12.8 Å². The molecule has 0 radical (unpaired) electrons. The van der Waals surface area contributed by atoms with Gasteiger partial charge in [-0.15, -0.1) is 11.3 Å². The lowest BCUT2D eigenvalue weighted by molar-refractivity contribution is 0.199. The zero-order valence-corrected chi connectivity index (χ0v) is 11.4. The standard InChI is InChI=1S/C13H22N2OS/c1-16-8-7-14-9-13-15-12(10-17-13)11-5-3-2-4-6-11/h10-11,14H,2-9H2,1H3. The highest BCUT2D eigenvalue weighted by Gasteiger charge is 2.17. The number of thiazole rings is 1. The second-order valence-corrected chi connectivity index (χ2v) is 5.61. The highest BCUT2D eigenvalue weighted by atomic mass is 32.1. The third kappa shape index (κ3) is 4.05. The maximum Gasteiger partial charge on any atom is 0.107 e. The van der Waals surface area contributed by atoms with Crippen molar-refractivity contribution in [3.05, 3.63) is 16.1 Å². The van der Waals surface area contributed by atoms with E-state index in [0.717, 1.165) is 25.6 Å². The Kier molecular flexibility index (Phi) is 5.42. The van der Waals surface area contributed by atoms with E-state index in [0.29, 0.717) is 0 Å². The van der Waals surface area contributed by atoms with Crippen LogP contribution in [0.1, 0.15) is 48.7 Å². The Labute approximate surface area is 108 Å². The molecule has 0 saturated heterocycles. The van der Waals surface area contributed by atoms with Crippen molar-refractivity contribution >= 4 is 11.3 Å². The molecule has 0 unspecified atom stereocenters. The minimum absolute atomic E-state index is 0.729. The quantitative estimate of drug-likeness (QED) is 0.793. The SMILES string of the molecule is COCCNCc1nc(C2CCCCC2)cs1. The Balaban J connectivity index is 1.78. The van der Waals surface area contributed by atoms with Crippen LogP contribution >= 0.6 is 11.3 Å². The lowest BCUT2D eigenvalue weighted by atomic mass is 9.87. The van der Waals surface area contributed by atoms with E-state index < -0.39 is 0 Å². The summed E-state index contributed by atoms with van der Waals surface area (Å²) in [7, 11) is 1.73. The highest BCUT2D eigenvalue weighted by molar-refractivity contribution is 7.09. The van der Waals surface area contributed by atoms with Gasteiger partial charge in [0.05, 0.1) is 12.3 Å². The van der Waals surface area contributed by atoms with Crippen molar-refractivity contribution < 1.29 is 4.74 Å². The highest BCUT2D eigenvalue weighted by Crippen LogP contribution is 2.32. The first-order valence-corrected chi connectivity index (χ1v) is 7.42. The molecule has 0 bridgehead atoms. The zero-order chi connectivity index (χ0) is 11.9. The van der Waals surface area contributed by atoms with Gasteiger partial charge in [-0.2, -0.15) is 0 Å². The van der Waals surface area contributed by atoms with Crippen molar-refractivity contribution in [3.8, 4) is 0 Å². The first kappa shape index (κ1) is 13.0. The topological polar surface area (TPSA) is 34.1 Å². The van der Waals surface area contributed by atoms with E-state index in [1.807, 2.05) is 0 Å². The molecule has 1 heterocycles.